The van der Waals surface area contributed by atoms with E-state index < -0.39 is 5.97 Å². The molecule has 0 amide bonds. The zero-order valence-corrected chi connectivity index (χ0v) is 16.5. The molecule has 3 aromatic carbocycles. The van der Waals surface area contributed by atoms with Gasteiger partial charge in [-0.05, 0) is 64.7 Å². The quantitative estimate of drug-likeness (QED) is 0.507. The Morgan fingerprint density at radius 1 is 0.821 bits per heavy atom. The van der Waals surface area contributed by atoms with Gasteiger partial charge in [-0.3, -0.25) is 4.79 Å². The predicted octanol–water partition coefficient (Wildman–Crippen LogP) is 6.13. The Morgan fingerprint density at radius 2 is 1.32 bits per heavy atom. The van der Waals surface area contributed by atoms with Crippen LogP contribution in [-0.2, 0) is 11.2 Å². The van der Waals surface area contributed by atoms with Crippen molar-refractivity contribution in [2.75, 3.05) is 6.61 Å². The first-order valence-corrected chi connectivity index (χ1v) is 9.42. The Kier molecular flexibility index (Phi) is 6.75. The van der Waals surface area contributed by atoms with E-state index in [2.05, 4.69) is 0 Å². The van der Waals surface area contributed by atoms with Gasteiger partial charge >= 0.3 is 5.97 Å². The molecule has 0 saturated heterocycles. The maximum absolute atomic E-state index is 10.8. The van der Waals surface area contributed by atoms with E-state index in [0.29, 0.717) is 22.4 Å². The van der Waals surface area contributed by atoms with Crippen molar-refractivity contribution in [3.05, 3.63) is 106 Å². The molecular weight excluding hydrogens is 395 g/mol. The number of ether oxygens (including phenoxy) is 1. The lowest BCUT2D eigenvalue weighted by molar-refractivity contribution is -0.136. The van der Waals surface area contributed by atoms with Gasteiger partial charge in [-0.2, -0.15) is 0 Å². The Hall–Kier alpha value is -2.75. The lowest BCUT2D eigenvalue weighted by Gasteiger charge is -2.11. The fourth-order valence-corrected chi connectivity index (χ4v) is 3.01. The largest absolute Gasteiger partial charge is 0.490 e. The lowest BCUT2D eigenvalue weighted by atomic mass is 9.98. The van der Waals surface area contributed by atoms with Gasteiger partial charge in [-0.15, -0.1) is 0 Å². The summed E-state index contributed by atoms with van der Waals surface area (Å²) in [6.45, 7) is 0.360. The summed E-state index contributed by atoms with van der Waals surface area (Å²) in [7, 11) is 0. The number of halogens is 2. The predicted molar refractivity (Wildman–Crippen MR) is 113 cm³/mol. The highest BCUT2D eigenvalue weighted by atomic mass is 35.5. The number of carboxylic acid groups (broad SMARTS) is 1. The summed E-state index contributed by atoms with van der Waals surface area (Å²) in [5.41, 5.74) is 3.79. The summed E-state index contributed by atoms with van der Waals surface area (Å²) in [6.07, 6.45) is 2.00. The lowest BCUT2D eigenvalue weighted by Crippen LogP contribution is -2.00. The van der Waals surface area contributed by atoms with Crippen LogP contribution in [0.15, 0.2) is 78.9 Å². The van der Waals surface area contributed by atoms with E-state index in [9.17, 15) is 4.79 Å². The summed E-state index contributed by atoms with van der Waals surface area (Å²) in [6, 6.07) is 22.3. The van der Waals surface area contributed by atoms with E-state index in [4.69, 9.17) is 33.0 Å². The number of aliphatic carboxylic acids is 1. The van der Waals surface area contributed by atoms with Crippen LogP contribution in [0.2, 0.25) is 10.0 Å². The molecule has 0 atom stereocenters. The van der Waals surface area contributed by atoms with Gasteiger partial charge in [0.05, 0.1) is 6.42 Å². The van der Waals surface area contributed by atoms with Crippen LogP contribution in [0.4, 0.5) is 0 Å². The van der Waals surface area contributed by atoms with Crippen LogP contribution in [-0.4, -0.2) is 17.7 Å². The zero-order valence-electron chi connectivity index (χ0n) is 14.9. The second kappa shape index (κ2) is 9.45. The third kappa shape index (κ3) is 5.62. The molecule has 28 heavy (non-hydrogen) atoms. The third-order valence-corrected chi connectivity index (χ3v) is 4.63. The van der Waals surface area contributed by atoms with Crippen LogP contribution in [0.5, 0.6) is 5.75 Å². The highest BCUT2D eigenvalue weighted by Gasteiger charge is 2.06. The Balaban J connectivity index is 1.78. The van der Waals surface area contributed by atoms with E-state index in [1.54, 1.807) is 24.3 Å². The minimum absolute atomic E-state index is 0.00252. The Labute approximate surface area is 173 Å². The zero-order chi connectivity index (χ0) is 19.9. The molecule has 0 unspecified atom stereocenters. The SMILES string of the molecule is O=C(O)Cc1ccc(OCC=C(c2ccc(Cl)cc2)c2ccc(Cl)cc2)cc1. The first-order chi connectivity index (χ1) is 13.5. The molecule has 0 saturated carbocycles. The highest BCUT2D eigenvalue weighted by molar-refractivity contribution is 6.31. The maximum Gasteiger partial charge on any atom is 0.307 e. The summed E-state index contributed by atoms with van der Waals surface area (Å²) >= 11 is 12.0. The van der Waals surface area contributed by atoms with Gasteiger partial charge in [0.25, 0.3) is 0 Å². The monoisotopic (exact) mass is 412 g/mol. The number of carboxylic acids is 1. The summed E-state index contributed by atoms with van der Waals surface area (Å²) in [4.78, 5) is 10.8. The Morgan fingerprint density at radius 3 is 1.79 bits per heavy atom. The molecule has 142 valence electrons. The van der Waals surface area contributed by atoms with Crippen LogP contribution >= 0.6 is 23.2 Å². The topological polar surface area (TPSA) is 46.5 Å². The Bertz CT molecular complexity index is 913. The van der Waals surface area contributed by atoms with E-state index in [0.717, 1.165) is 22.3 Å². The molecule has 3 nitrogen and oxygen atoms in total. The van der Waals surface area contributed by atoms with Crippen molar-refractivity contribution in [3.8, 4) is 5.75 Å². The molecule has 0 radical (unpaired) electrons. The summed E-state index contributed by atoms with van der Waals surface area (Å²) in [5.74, 6) is -0.177. The average Bonchev–Trinajstić information content (AvgIpc) is 2.68. The average molecular weight is 413 g/mol. The molecule has 0 aliphatic rings. The molecule has 0 aliphatic carbocycles. The molecule has 0 bridgehead atoms. The second-order valence-electron chi connectivity index (χ2n) is 6.16. The fraction of sp³-hybridized carbons (Fsp3) is 0.0870. The van der Waals surface area contributed by atoms with Crippen LogP contribution in [0.3, 0.4) is 0 Å². The molecule has 0 aliphatic heterocycles. The minimum atomic E-state index is -0.854. The van der Waals surface area contributed by atoms with E-state index in [1.165, 1.54) is 0 Å². The normalized spacial score (nSPS) is 10.4. The molecule has 1 N–H and O–H groups in total. The molecular formula is C23H18Cl2O3. The fourth-order valence-electron chi connectivity index (χ4n) is 2.76. The highest BCUT2D eigenvalue weighted by Crippen LogP contribution is 2.26. The summed E-state index contributed by atoms with van der Waals surface area (Å²) in [5, 5.41) is 10.2. The van der Waals surface area contributed by atoms with Crippen LogP contribution in [0.25, 0.3) is 5.57 Å². The van der Waals surface area contributed by atoms with Gasteiger partial charge in [-0.25, -0.2) is 0 Å². The van der Waals surface area contributed by atoms with Crippen molar-refractivity contribution in [2.24, 2.45) is 0 Å². The molecule has 3 rings (SSSR count). The number of benzene rings is 3. The van der Waals surface area contributed by atoms with Gasteiger partial charge in [0, 0.05) is 10.0 Å². The van der Waals surface area contributed by atoms with Crippen molar-refractivity contribution in [1.82, 2.24) is 0 Å². The molecule has 3 aromatic rings. The third-order valence-electron chi connectivity index (χ3n) is 4.13. The van der Waals surface area contributed by atoms with E-state index in [-0.39, 0.29) is 6.42 Å². The summed E-state index contributed by atoms with van der Waals surface area (Å²) < 4.78 is 5.81. The van der Waals surface area contributed by atoms with Crippen LogP contribution in [0, 0.1) is 0 Å². The minimum Gasteiger partial charge on any atom is -0.490 e. The smallest absolute Gasteiger partial charge is 0.307 e. The maximum atomic E-state index is 10.8. The number of hydrogen-bond donors (Lipinski definition) is 1. The number of rotatable bonds is 7. The molecule has 0 spiro atoms. The molecule has 0 aromatic heterocycles. The van der Waals surface area contributed by atoms with Crippen LogP contribution < -0.4 is 4.74 Å². The standard InChI is InChI=1S/C23H18Cl2O3/c24-19-7-3-17(4-8-19)22(18-5-9-20(25)10-6-18)13-14-28-21-11-1-16(2-12-21)15-23(26)27/h1-13H,14-15H2,(H,26,27). The first kappa shape index (κ1) is 20.0. The molecule has 0 fully saturated rings. The molecule has 0 heterocycles. The van der Waals surface area contributed by atoms with Crippen molar-refractivity contribution in [1.29, 1.82) is 0 Å². The van der Waals surface area contributed by atoms with E-state index >= 15 is 0 Å². The first-order valence-electron chi connectivity index (χ1n) is 8.67. The number of hydrogen-bond acceptors (Lipinski definition) is 2. The number of carbonyl (C=O) groups is 1. The van der Waals surface area contributed by atoms with Crippen molar-refractivity contribution >= 4 is 34.7 Å². The van der Waals surface area contributed by atoms with Gasteiger partial charge < -0.3 is 9.84 Å². The van der Waals surface area contributed by atoms with Gasteiger partial charge in [0.2, 0.25) is 0 Å². The van der Waals surface area contributed by atoms with Gasteiger partial charge in [0.15, 0.2) is 0 Å². The van der Waals surface area contributed by atoms with Crippen molar-refractivity contribution in [2.45, 2.75) is 6.42 Å². The van der Waals surface area contributed by atoms with Gasteiger partial charge in [0.1, 0.15) is 12.4 Å². The van der Waals surface area contributed by atoms with Crippen molar-refractivity contribution in [3.63, 3.8) is 0 Å². The van der Waals surface area contributed by atoms with E-state index in [1.807, 2.05) is 54.6 Å². The second-order valence-corrected chi connectivity index (χ2v) is 7.03. The van der Waals surface area contributed by atoms with Crippen LogP contribution in [0.1, 0.15) is 16.7 Å². The van der Waals surface area contributed by atoms with Crippen molar-refractivity contribution < 1.29 is 14.6 Å². The molecule has 5 heteroatoms. The van der Waals surface area contributed by atoms with Gasteiger partial charge in [-0.1, -0.05) is 59.6 Å².